The molecule has 1 N–H and O–H groups in total. The van der Waals surface area contributed by atoms with Gasteiger partial charge >= 0.3 is 0 Å². The second-order valence-corrected chi connectivity index (χ2v) is 8.24. The maximum absolute atomic E-state index is 11.9. The lowest BCUT2D eigenvalue weighted by molar-refractivity contribution is 0.602. The number of fused-ring (bicyclic) bond motifs is 1. The summed E-state index contributed by atoms with van der Waals surface area (Å²) in [4.78, 5) is 4.61. The van der Waals surface area contributed by atoms with Crippen LogP contribution >= 0.6 is 23.6 Å². The van der Waals surface area contributed by atoms with E-state index in [4.69, 9.17) is 12.2 Å². The molecule has 0 spiro atoms. The molecule has 0 aliphatic carbocycles. The van der Waals surface area contributed by atoms with E-state index in [1.165, 1.54) is 11.1 Å². The molecule has 0 amide bonds. The second kappa shape index (κ2) is 5.40. The van der Waals surface area contributed by atoms with Crippen molar-refractivity contribution in [2.75, 3.05) is 6.26 Å². The maximum Gasteiger partial charge on any atom is 0.178 e. The van der Waals surface area contributed by atoms with E-state index >= 15 is 0 Å². The smallest absolute Gasteiger partial charge is 0.178 e. The summed E-state index contributed by atoms with van der Waals surface area (Å²) in [6.07, 6.45) is 2.09. The summed E-state index contributed by atoms with van der Waals surface area (Å²) in [5, 5.41) is 2.05. The number of thiophene rings is 1. The topological polar surface area (TPSA) is 54.9 Å². The minimum atomic E-state index is -3.28. The van der Waals surface area contributed by atoms with Gasteiger partial charge in [-0.05, 0) is 42.2 Å². The summed E-state index contributed by atoms with van der Waals surface area (Å²) in [5.41, 5.74) is 1.43. The van der Waals surface area contributed by atoms with Crippen LogP contribution in [-0.4, -0.2) is 24.2 Å². The second-order valence-electron chi connectivity index (χ2n) is 4.83. The van der Waals surface area contributed by atoms with Crippen molar-refractivity contribution in [3.8, 4) is 0 Å². The first kappa shape index (κ1) is 14.5. The summed E-state index contributed by atoms with van der Waals surface area (Å²) >= 11 is 7.06. The van der Waals surface area contributed by atoms with Gasteiger partial charge in [0.2, 0.25) is 0 Å². The molecule has 0 bridgehead atoms. The molecule has 0 fully saturated rings. The van der Waals surface area contributed by atoms with Crippen molar-refractivity contribution < 1.29 is 8.42 Å². The lowest BCUT2D eigenvalue weighted by atomic mass is 10.3. The lowest BCUT2D eigenvalue weighted by Gasteiger charge is -2.04. The van der Waals surface area contributed by atoms with Gasteiger partial charge < -0.3 is 9.55 Å². The monoisotopic (exact) mass is 338 g/mol. The standard InChI is InChI=1S/C14H14N2O2S3/c1-21(17,18)12-6-2-5-11-13(12)15-14(19)16(11)8-7-10-4-3-9-20-10/h2-6,9H,7-8H2,1H3,(H,15,19). The van der Waals surface area contributed by atoms with E-state index in [0.717, 1.165) is 18.5 Å². The fourth-order valence-corrected chi connectivity index (χ4v) is 4.20. The van der Waals surface area contributed by atoms with Crippen LogP contribution in [0.5, 0.6) is 0 Å². The van der Waals surface area contributed by atoms with Gasteiger partial charge in [-0.15, -0.1) is 11.3 Å². The molecule has 0 saturated carbocycles. The van der Waals surface area contributed by atoms with Gasteiger partial charge in [-0.25, -0.2) is 8.42 Å². The van der Waals surface area contributed by atoms with Crippen LogP contribution in [0.3, 0.4) is 0 Å². The summed E-state index contributed by atoms with van der Waals surface area (Å²) < 4.78 is 26.2. The number of benzene rings is 1. The molecule has 0 saturated heterocycles. The first-order valence-corrected chi connectivity index (χ1v) is 9.59. The number of nitrogens with zero attached hydrogens (tertiary/aromatic N) is 1. The highest BCUT2D eigenvalue weighted by molar-refractivity contribution is 7.91. The van der Waals surface area contributed by atoms with Gasteiger partial charge in [0.1, 0.15) is 0 Å². The van der Waals surface area contributed by atoms with Crippen LogP contribution in [0.2, 0.25) is 0 Å². The number of para-hydroxylation sites is 1. The van der Waals surface area contributed by atoms with Crippen LogP contribution in [0.1, 0.15) is 4.88 Å². The van der Waals surface area contributed by atoms with Gasteiger partial charge in [0, 0.05) is 17.7 Å². The van der Waals surface area contributed by atoms with Crippen LogP contribution in [0.4, 0.5) is 0 Å². The van der Waals surface area contributed by atoms with Gasteiger partial charge in [-0.3, -0.25) is 0 Å². The molecular formula is C14H14N2O2S3. The molecule has 0 atom stereocenters. The van der Waals surface area contributed by atoms with Crippen molar-refractivity contribution in [1.82, 2.24) is 9.55 Å². The summed E-state index contributed by atoms with van der Waals surface area (Å²) in [5.74, 6) is 0. The average molecular weight is 338 g/mol. The third-order valence-electron chi connectivity index (χ3n) is 3.33. The molecule has 0 aliphatic heterocycles. The molecule has 3 rings (SSSR count). The minimum Gasteiger partial charge on any atom is -0.329 e. The Morgan fingerprint density at radius 3 is 2.76 bits per heavy atom. The van der Waals surface area contributed by atoms with Gasteiger partial charge in [0.05, 0.1) is 15.9 Å². The van der Waals surface area contributed by atoms with E-state index in [9.17, 15) is 8.42 Å². The zero-order valence-corrected chi connectivity index (χ0v) is 13.8. The summed E-state index contributed by atoms with van der Waals surface area (Å²) in [6.45, 7) is 0.729. The van der Waals surface area contributed by atoms with E-state index in [0.29, 0.717) is 15.2 Å². The number of nitrogens with one attached hydrogen (secondary N) is 1. The van der Waals surface area contributed by atoms with E-state index < -0.39 is 9.84 Å². The van der Waals surface area contributed by atoms with Crippen LogP contribution in [-0.2, 0) is 22.8 Å². The molecule has 2 heterocycles. The number of H-pyrrole nitrogens is 1. The van der Waals surface area contributed by atoms with E-state index in [1.807, 2.05) is 22.1 Å². The third-order valence-corrected chi connectivity index (χ3v) is 5.73. The predicted molar refractivity (Wildman–Crippen MR) is 88.3 cm³/mol. The maximum atomic E-state index is 11.9. The Bertz CT molecular complexity index is 934. The first-order valence-electron chi connectivity index (χ1n) is 6.41. The summed E-state index contributed by atoms with van der Waals surface area (Å²) in [7, 11) is -3.28. The molecule has 1 aromatic carbocycles. The largest absolute Gasteiger partial charge is 0.329 e. The van der Waals surface area contributed by atoms with Gasteiger partial charge in [-0.1, -0.05) is 12.1 Å². The number of aryl methyl sites for hydroxylation is 2. The van der Waals surface area contributed by atoms with E-state index in [2.05, 4.69) is 11.1 Å². The first-order chi connectivity index (χ1) is 9.97. The number of aromatic nitrogens is 2. The van der Waals surface area contributed by atoms with Crippen molar-refractivity contribution in [2.24, 2.45) is 0 Å². The average Bonchev–Trinajstić information content (AvgIpc) is 3.01. The Labute approximate surface area is 132 Å². The molecule has 21 heavy (non-hydrogen) atoms. The molecule has 0 unspecified atom stereocenters. The van der Waals surface area contributed by atoms with Crippen LogP contribution in [0.15, 0.2) is 40.6 Å². The third kappa shape index (κ3) is 2.81. The Hall–Kier alpha value is -1.44. The Morgan fingerprint density at radius 1 is 1.29 bits per heavy atom. The normalized spacial score (nSPS) is 12.0. The quantitative estimate of drug-likeness (QED) is 0.742. The van der Waals surface area contributed by atoms with Gasteiger partial charge in [0.15, 0.2) is 14.6 Å². The SMILES string of the molecule is CS(=O)(=O)c1cccc2c1[nH]c(=S)n2CCc1cccs1. The Morgan fingerprint density at radius 2 is 2.10 bits per heavy atom. The predicted octanol–water partition coefficient (Wildman–Crippen LogP) is 3.41. The van der Waals surface area contributed by atoms with Crippen molar-refractivity contribution >= 4 is 44.4 Å². The molecule has 0 aliphatic rings. The van der Waals surface area contributed by atoms with E-state index in [1.54, 1.807) is 23.5 Å². The van der Waals surface area contributed by atoms with Crippen LogP contribution in [0.25, 0.3) is 11.0 Å². The van der Waals surface area contributed by atoms with Crippen LogP contribution in [0, 0.1) is 4.77 Å². The van der Waals surface area contributed by atoms with Crippen molar-refractivity contribution in [3.05, 3.63) is 45.4 Å². The number of sulfone groups is 1. The minimum absolute atomic E-state index is 0.293. The molecule has 7 heteroatoms. The summed E-state index contributed by atoms with van der Waals surface area (Å²) in [6, 6.07) is 9.36. The lowest BCUT2D eigenvalue weighted by Crippen LogP contribution is -2.01. The number of imidazole rings is 1. The molecule has 110 valence electrons. The van der Waals surface area contributed by atoms with E-state index in [-0.39, 0.29) is 0 Å². The highest BCUT2D eigenvalue weighted by Gasteiger charge is 2.15. The molecule has 3 aromatic rings. The van der Waals surface area contributed by atoms with Crippen molar-refractivity contribution in [2.45, 2.75) is 17.9 Å². The highest BCUT2D eigenvalue weighted by Crippen LogP contribution is 2.23. The molecule has 0 radical (unpaired) electrons. The zero-order chi connectivity index (χ0) is 15.0. The zero-order valence-electron chi connectivity index (χ0n) is 11.4. The van der Waals surface area contributed by atoms with Crippen LogP contribution < -0.4 is 0 Å². The van der Waals surface area contributed by atoms with Crippen molar-refractivity contribution in [1.29, 1.82) is 0 Å². The number of rotatable bonds is 4. The Balaban J connectivity index is 2.08. The number of aromatic amines is 1. The Kier molecular flexibility index (Phi) is 3.73. The van der Waals surface area contributed by atoms with Gasteiger partial charge in [-0.2, -0.15) is 0 Å². The molecule has 2 aromatic heterocycles. The van der Waals surface area contributed by atoms with Crippen molar-refractivity contribution in [3.63, 3.8) is 0 Å². The molecular weight excluding hydrogens is 324 g/mol. The molecule has 4 nitrogen and oxygen atoms in total. The fraction of sp³-hybridized carbons (Fsp3) is 0.214. The fourth-order valence-electron chi connectivity index (χ4n) is 2.36. The number of hydrogen-bond donors (Lipinski definition) is 1. The number of hydrogen-bond acceptors (Lipinski definition) is 4. The van der Waals surface area contributed by atoms with Gasteiger partial charge in [0.25, 0.3) is 0 Å². The highest BCUT2D eigenvalue weighted by atomic mass is 32.2.